The van der Waals surface area contributed by atoms with E-state index in [1.807, 2.05) is 0 Å². The molecule has 2 aliphatic heterocycles. The lowest BCUT2D eigenvalue weighted by Gasteiger charge is -2.21. The Morgan fingerprint density at radius 1 is 1.40 bits per heavy atom. The highest BCUT2D eigenvalue weighted by Crippen LogP contribution is 2.22. The van der Waals surface area contributed by atoms with Crippen LogP contribution in [0, 0.1) is 5.92 Å². The number of rotatable bonds is 4. The van der Waals surface area contributed by atoms with Crippen LogP contribution >= 0.6 is 0 Å². The maximum Gasteiger partial charge on any atom is 0.0948 e. The summed E-state index contributed by atoms with van der Waals surface area (Å²) in [5, 5.41) is 12.9. The lowest BCUT2D eigenvalue weighted by Crippen LogP contribution is -2.42. The predicted octanol–water partition coefficient (Wildman–Crippen LogP) is 0.151. The lowest BCUT2D eigenvalue weighted by atomic mass is 9.99. The van der Waals surface area contributed by atoms with Crippen LogP contribution in [-0.4, -0.2) is 49.7 Å². The standard InChI is InChI=1S/C11H21NO3/c1-2-11-8(3-4-15-11)5-12-9-6-14-7-10(9)13/h8-13H,2-7H2,1H3. The Labute approximate surface area is 90.9 Å². The molecule has 4 nitrogen and oxygen atoms in total. The van der Waals surface area contributed by atoms with Crippen molar-refractivity contribution in [2.24, 2.45) is 5.92 Å². The van der Waals surface area contributed by atoms with Crippen LogP contribution in [0.4, 0.5) is 0 Å². The van der Waals surface area contributed by atoms with Gasteiger partial charge in [0.2, 0.25) is 0 Å². The van der Waals surface area contributed by atoms with Gasteiger partial charge in [0.1, 0.15) is 0 Å². The Morgan fingerprint density at radius 2 is 2.27 bits per heavy atom. The second-order valence-electron chi connectivity index (χ2n) is 4.49. The van der Waals surface area contributed by atoms with Crippen LogP contribution in [-0.2, 0) is 9.47 Å². The molecule has 2 heterocycles. The van der Waals surface area contributed by atoms with Crippen molar-refractivity contribution in [2.75, 3.05) is 26.4 Å². The van der Waals surface area contributed by atoms with E-state index in [1.165, 1.54) is 0 Å². The molecule has 15 heavy (non-hydrogen) atoms. The summed E-state index contributed by atoms with van der Waals surface area (Å²) in [5.74, 6) is 0.600. The highest BCUT2D eigenvalue weighted by molar-refractivity contribution is 4.84. The molecule has 2 rings (SSSR count). The van der Waals surface area contributed by atoms with Crippen LogP contribution in [0.15, 0.2) is 0 Å². The summed E-state index contributed by atoms with van der Waals surface area (Å²) in [6.45, 7) is 5.08. The van der Waals surface area contributed by atoms with Crippen molar-refractivity contribution in [1.29, 1.82) is 0 Å². The summed E-state index contributed by atoms with van der Waals surface area (Å²) in [4.78, 5) is 0. The third-order valence-electron chi connectivity index (χ3n) is 3.44. The van der Waals surface area contributed by atoms with E-state index in [9.17, 15) is 5.11 Å². The van der Waals surface area contributed by atoms with Crippen molar-refractivity contribution < 1.29 is 14.6 Å². The number of aliphatic hydroxyl groups is 1. The minimum absolute atomic E-state index is 0.114. The first-order chi connectivity index (χ1) is 7.31. The van der Waals surface area contributed by atoms with Crippen LogP contribution in [0.1, 0.15) is 19.8 Å². The fraction of sp³-hybridized carbons (Fsp3) is 1.00. The second-order valence-corrected chi connectivity index (χ2v) is 4.49. The van der Waals surface area contributed by atoms with Crippen molar-refractivity contribution in [1.82, 2.24) is 5.32 Å². The molecule has 2 N–H and O–H groups in total. The molecule has 0 spiro atoms. The van der Waals surface area contributed by atoms with Gasteiger partial charge in [-0.3, -0.25) is 0 Å². The van der Waals surface area contributed by atoms with Gasteiger partial charge in [0.05, 0.1) is 31.5 Å². The van der Waals surface area contributed by atoms with Crippen molar-refractivity contribution in [3.8, 4) is 0 Å². The first-order valence-electron chi connectivity index (χ1n) is 5.92. The molecule has 0 aliphatic carbocycles. The first kappa shape index (κ1) is 11.3. The number of ether oxygens (including phenoxy) is 2. The number of aliphatic hydroxyl groups excluding tert-OH is 1. The maximum atomic E-state index is 9.57. The average Bonchev–Trinajstić information content (AvgIpc) is 2.83. The molecule has 0 bridgehead atoms. The van der Waals surface area contributed by atoms with E-state index < -0.39 is 0 Å². The van der Waals surface area contributed by atoms with Gasteiger partial charge in [-0.25, -0.2) is 0 Å². The Balaban J connectivity index is 1.72. The SMILES string of the molecule is CCC1OCCC1CNC1COCC1O. The zero-order valence-electron chi connectivity index (χ0n) is 9.32. The summed E-state index contributed by atoms with van der Waals surface area (Å²) in [6, 6.07) is 0.114. The minimum atomic E-state index is -0.340. The van der Waals surface area contributed by atoms with Gasteiger partial charge in [-0.15, -0.1) is 0 Å². The molecule has 0 saturated carbocycles. The van der Waals surface area contributed by atoms with Gasteiger partial charge >= 0.3 is 0 Å². The Kier molecular flexibility index (Phi) is 3.97. The summed E-state index contributed by atoms with van der Waals surface area (Å²) in [5.41, 5.74) is 0. The highest BCUT2D eigenvalue weighted by Gasteiger charge is 2.30. The van der Waals surface area contributed by atoms with E-state index in [4.69, 9.17) is 9.47 Å². The van der Waals surface area contributed by atoms with E-state index in [-0.39, 0.29) is 12.1 Å². The quantitative estimate of drug-likeness (QED) is 0.701. The predicted molar refractivity (Wildman–Crippen MR) is 56.8 cm³/mol. The molecule has 2 saturated heterocycles. The van der Waals surface area contributed by atoms with Gasteiger partial charge in [0, 0.05) is 13.2 Å². The van der Waals surface area contributed by atoms with Gasteiger partial charge in [0.25, 0.3) is 0 Å². The average molecular weight is 215 g/mol. The van der Waals surface area contributed by atoms with Crippen molar-refractivity contribution in [2.45, 2.75) is 38.0 Å². The van der Waals surface area contributed by atoms with Gasteiger partial charge in [-0.05, 0) is 18.8 Å². The van der Waals surface area contributed by atoms with E-state index in [2.05, 4.69) is 12.2 Å². The van der Waals surface area contributed by atoms with Gasteiger partial charge < -0.3 is 19.9 Å². The largest absolute Gasteiger partial charge is 0.389 e. The molecular weight excluding hydrogens is 194 g/mol. The fourth-order valence-corrected chi connectivity index (χ4v) is 2.42. The van der Waals surface area contributed by atoms with Gasteiger partial charge in [-0.1, -0.05) is 6.92 Å². The van der Waals surface area contributed by atoms with E-state index in [0.29, 0.717) is 25.2 Å². The maximum absolute atomic E-state index is 9.57. The van der Waals surface area contributed by atoms with Crippen molar-refractivity contribution in [3.05, 3.63) is 0 Å². The van der Waals surface area contributed by atoms with E-state index >= 15 is 0 Å². The van der Waals surface area contributed by atoms with E-state index in [1.54, 1.807) is 0 Å². The monoisotopic (exact) mass is 215 g/mol. The molecule has 0 radical (unpaired) electrons. The fourth-order valence-electron chi connectivity index (χ4n) is 2.42. The van der Waals surface area contributed by atoms with Gasteiger partial charge in [-0.2, -0.15) is 0 Å². The van der Waals surface area contributed by atoms with Crippen LogP contribution in [0.5, 0.6) is 0 Å². The Bertz CT molecular complexity index is 200. The zero-order valence-corrected chi connectivity index (χ0v) is 9.32. The molecule has 0 amide bonds. The first-order valence-corrected chi connectivity index (χ1v) is 5.92. The van der Waals surface area contributed by atoms with Crippen LogP contribution < -0.4 is 5.32 Å². The zero-order chi connectivity index (χ0) is 10.7. The summed E-state index contributed by atoms with van der Waals surface area (Å²) in [6.07, 6.45) is 2.27. The molecule has 88 valence electrons. The van der Waals surface area contributed by atoms with E-state index in [0.717, 1.165) is 26.0 Å². The van der Waals surface area contributed by atoms with Crippen molar-refractivity contribution >= 4 is 0 Å². The summed E-state index contributed by atoms with van der Waals surface area (Å²) >= 11 is 0. The topological polar surface area (TPSA) is 50.7 Å². The second kappa shape index (κ2) is 5.25. The number of hydrogen-bond donors (Lipinski definition) is 2. The summed E-state index contributed by atoms with van der Waals surface area (Å²) < 4.78 is 10.8. The van der Waals surface area contributed by atoms with Crippen LogP contribution in [0.2, 0.25) is 0 Å². The highest BCUT2D eigenvalue weighted by atomic mass is 16.5. The Morgan fingerprint density at radius 3 is 2.93 bits per heavy atom. The molecule has 2 fully saturated rings. The molecule has 2 aliphatic rings. The van der Waals surface area contributed by atoms with Gasteiger partial charge in [0.15, 0.2) is 0 Å². The molecule has 4 heteroatoms. The minimum Gasteiger partial charge on any atom is -0.389 e. The van der Waals surface area contributed by atoms with Crippen LogP contribution in [0.25, 0.3) is 0 Å². The molecular formula is C11H21NO3. The third-order valence-corrected chi connectivity index (χ3v) is 3.44. The lowest BCUT2D eigenvalue weighted by molar-refractivity contribution is 0.0844. The molecule has 4 unspecified atom stereocenters. The van der Waals surface area contributed by atoms with Crippen molar-refractivity contribution in [3.63, 3.8) is 0 Å². The third kappa shape index (κ3) is 2.69. The number of nitrogens with one attached hydrogen (secondary N) is 1. The number of hydrogen-bond acceptors (Lipinski definition) is 4. The molecule has 4 atom stereocenters. The summed E-state index contributed by atoms with van der Waals surface area (Å²) in [7, 11) is 0. The molecule has 0 aromatic heterocycles. The van der Waals surface area contributed by atoms with Crippen LogP contribution in [0.3, 0.4) is 0 Å². The molecule has 0 aromatic carbocycles. The Hall–Kier alpha value is -0.160. The molecule has 0 aromatic rings. The normalized spacial score (nSPS) is 41.2. The smallest absolute Gasteiger partial charge is 0.0948 e.